The number of aryl methyl sites for hydroxylation is 1. The first kappa shape index (κ1) is 22.6. The lowest BCUT2D eigenvalue weighted by Gasteiger charge is -2.36. The third kappa shape index (κ3) is 4.08. The molecule has 2 fully saturated rings. The van der Waals surface area contributed by atoms with Gasteiger partial charge in [0.05, 0.1) is 51.9 Å². The molecule has 4 heterocycles. The number of piperazine rings is 1. The molecule has 2 aromatic heterocycles. The number of sulfone groups is 1. The zero-order valence-electron chi connectivity index (χ0n) is 19.3. The Hall–Kier alpha value is -3.21. The van der Waals surface area contributed by atoms with E-state index in [0.29, 0.717) is 43.5 Å². The van der Waals surface area contributed by atoms with Crippen molar-refractivity contribution in [2.45, 2.75) is 32.9 Å². The van der Waals surface area contributed by atoms with Crippen molar-refractivity contribution in [3.8, 4) is 0 Å². The molecule has 180 valence electrons. The number of hydrogen-bond acceptors (Lipinski definition) is 7. The van der Waals surface area contributed by atoms with Crippen LogP contribution in [0.1, 0.15) is 23.9 Å². The summed E-state index contributed by atoms with van der Waals surface area (Å²) in [5.74, 6) is 0.237. The standard InChI is InChI=1S/C23H28N6O4S/c1-16-22(17(2)29(25-16)18-7-12-34(32,33)14-18)27-10-8-26(9-11-27)21(30)13-28-15-24-20-6-4-3-5-19(20)23(28)31/h3-6,15,18H,7-14H2,1-2H3. The Morgan fingerprint density at radius 1 is 1.12 bits per heavy atom. The van der Waals surface area contributed by atoms with Gasteiger partial charge in [-0.15, -0.1) is 0 Å². The number of para-hydroxylation sites is 1. The Kier molecular flexibility index (Phi) is 5.67. The number of aromatic nitrogens is 4. The highest BCUT2D eigenvalue weighted by molar-refractivity contribution is 7.91. The van der Waals surface area contributed by atoms with Crippen molar-refractivity contribution in [1.29, 1.82) is 0 Å². The molecular formula is C23H28N6O4S. The SMILES string of the molecule is Cc1nn(C2CCS(=O)(=O)C2)c(C)c1N1CCN(C(=O)Cn2cnc3ccccc3c2=O)CC1. The molecule has 1 unspecified atom stereocenters. The first-order valence-corrected chi connectivity index (χ1v) is 13.3. The van der Waals surface area contributed by atoms with E-state index < -0.39 is 9.84 Å². The van der Waals surface area contributed by atoms with Gasteiger partial charge in [-0.05, 0) is 32.4 Å². The van der Waals surface area contributed by atoms with E-state index in [9.17, 15) is 18.0 Å². The average molecular weight is 485 g/mol. The molecule has 2 aliphatic rings. The number of hydrogen-bond donors (Lipinski definition) is 0. The van der Waals surface area contributed by atoms with Gasteiger partial charge in [-0.2, -0.15) is 5.10 Å². The van der Waals surface area contributed by atoms with Gasteiger partial charge in [0.1, 0.15) is 6.54 Å². The van der Waals surface area contributed by atoms with Crippen LogP contribution in [0.5, 0.6) is 0 Å². The minimum atomic E-state index is -2.99. The normalized spacial score (nSPS) is 20.2. The molecule has 5 rings (SSSR count). The van der Waals surface area contributed by atoms with Crippen LogP contribution in [0.25, 0.3) is 10.9 Å². The lowest BCUT2D eigenvalue weighted by Crippen LogP contribution is -2.50. The quantitative estimate of drug-likeness (QED) is 0.541. The largest absolute Gasteiger partial charge is 0.365 e. The Morgan fingerprint density at radius 2 is 1.85 bits per heavy atom. The van der Waals surface area contributed by atoms with Gasteiger partial charge in [-0.1, -0.05) is 12.1 Å². The summed E-state index contributed by atoms with van der Waals surface area (Å²) in [6.45, 7) is 6.26. The molecule has 0 aliphatic carbocycles. The first-order valence-electron chi connectivity index (χ1n) is 11.5. The molecular weight excluding hydrogens is 456 g/mol. The molecule has 2 aliphatic heterocycles. The third-order valence-electron chi connectivity index (χ3n) is 6.83. The summed E-state index contributed by atoms with van der Waals surface area (Å²) in [6, 6.07) is 6.99. The molecule has 0 spiro atoms. The van der Waals surface area contributed by atoms with Crippen molar-refractivity contribution >= 4 is 32.3 Å². The van der Waals surface area contributed by atoms with Gasteiger partial charge in [-0.3, -0.25) is 18.8 Å². The Balaban J connectivity index is 1.26. The molecule has 1 atom stereocenters. The van der Waals surface area contributed by atoms with Crippen LogP contribution in [0, 0.1) is 13.8 Å². The monoisotopic (exact) mass is 484 g/mol. The van der Waals surface area contributed by atoms with Crippen LogP contribution >= 0.6 is 0 Å². The van der Waals surface area contributed by atoms with E-state index in [-0.39, 0.29) is 35.6 Å². The summed E-state index contributed by atoms with van der Waals surface area (Å²) in [4.78, 5) is 33.9. The van der Waals surface area contributed by atoms with Crippen LogP contribution in [0.2, 0.25) is 0 Å². The number of anilines is 1. The van der Waals surface area contributed by atoms with E-state index >= 15 is 0 Å². The number of nitrogens with zero attached hydrogens (tertiary/aromatic N) is 6. The van der Waals surface area contributed by atoms with Gasteiger partial charge in [0.2, 0.25) is 5.91 Å². The highest BCUT2D eigenvalue weighted by Crippen LogP contribution is 2.31. The van der Waals surface area contributed by atoms with Crippen LogP contribution in [0.15, 0.2) is 35.4 Å². The van der Waals surface area contributed by atoms with Gasteiger partial charge in [-0.25, -0.2) is 13.4 Å². The highest BCUT2D eigenvalue weighted by Gasteiger charge is 2.33. The first-order chi connectivity index (χ1) is 16.2. The van der Waals surface area contributed by atoms with Crippen molar-refractivity contribution in [2.24, 2.45) is 0 Å². The predicted molar refractivity (Wildman–Crippen MR) is 129 cm³/mol. The highest BCUT2D eigenvalue weighted by atomic mass is 32.2. The maximum atomic E-state index is 12.9. The van der Waals surface area contributed by atoms with E-state index in [1.165, 1.54) is 10.9 Å². The number of carbonyl (C=O) groups excluding carboxylic acids is 1. The van der Waals surface area contributed by atoms with Crippen LogP contribution in [0.4, 0.5) is 5.69 Å². The second kappa shape index (κ2) is 8.53. The molecule has 1 aromatic carbocycles. The minimum Gasteiger partial charge on any atom is -0.365 e. The molecule has 11 heteroatoms. The summed E-state index contributed by atoms with van der Waals surface area (Å²) in [7, 11) is -2.99. The summed E-state index contributed by atoms with van der Waals surface area (Å²) in [6.07, 6.45) is 2.03. The van der Waals surface area contributed by atoms with Gasteiger partial charge in [0, 0.05) is 26.2 Å². The average Bonchev–Trinajstić information content (AvgIpc) is 3.33. The van der Waals surface area contributed by atoms with Crippen molar-refractivity contribution in [1.82, 2.24) is 24.2 Å². The summed E-state index contributed by atoms with van der Waals surface area (Å²) >= 11 is 0. The van der Waals surface area contributed by atoms with Crippen LogP contribution in [-0.2, 0) is 21.2 Å². The number of rotatable bonds is 4. The molecule has 0 saturated carbocycles. The molecule has 34 heavy (non-hydrogen) atoms. The van der Waals surface area contributed by atoms with E-state index in [0.717, 1.165) is 17.1 Å². The van der Waals surface area contributed by atoms with E-state index in [2.05, 4.69) is 15.0 Å². The lowest BCUT2D eigenvalue weighted by molar-refractivity contribution is -0.132. The fraction of sp³-hybridized carbons (Fsp3) is 0.478. The van der Waals surface area contributed by atoms with Crippen LogP contribution in [0.3, 0.4) is 0 Å². The lowest BCUT2D eigenvalue weighted by atomic mass is 10.2. The van der Waals surface area contributed by atoms with Crippen molar-refractivity contribution in [2.75, 3.05) is 42.6 Å². The fourth-order valence-electron chi connectivity index (χ4n) is 5.08. The molecule has 2 saturated heterocycles. The predicted octanol–water partition coefficient (Wildman–Crippen LogP) is 0.918. The van der Waals surface area contributed by atoms with Crippen molar-refractivity contribution < 1.29 is 13.2 Å². The second-order valence-corrected chi connectivity index (χ2v) is 11.3. The van der Waals surface area contributed by atoms with E-state index in [1.807, 2.05) is 24.6 Å². The Bertz CT molecular complexity index is 1420. The summed E-state index contributed by atoms with van der Waals surface area (Å²) in [5.41, 5.74) is 3.26. The number of fused-ring (bicyclic) bond motifs is 1. The fourth-order valence-corrected chi connectivity index (χ4v) is 6.77. The van der Waals surface area contributed by atoms with Gasteiger partial charge >= 0.3 is 0 Å². The minimum absolute atomic E-state index is 0.0389. The maximum absolute atomic E-state index is 12.9. The van der Waals surface area contributed by atoms with Gasteiger partial charge in [0.15, 0.2) is 9.84 Å². The molecule has 0 bridgehead atoms. The molecule has 1 amide bonds. The maximum Gasteiger partial charge on any atom is 0.261 e. The molecule has 10 nitrogen and oxygen atoms in total. The Morgan fingerprint density at radius 3 is 2.56 bits per heavy atom. The molecule has 3 aromatic rings. The van der Waals surface area contributed by atoms with Gasteiger partial charge < -0.3 is 9.80 Å². The second-order valence-electron chi connectivity index (χ2n) is 9.08. The summed E-state index contributed by atoms with van der Waals surface area (Å²) in [5, 5.41) is 5.16. The number of amides is 1. The van der Waals surface area contributed by atoms with E-state index in [1.54, 1.807) is 23.1 Å². The number of carbonyl (C=O) groups is 1. The molecule has 0 radical (unpaired) electrons. The third-order valence-corrected chi connectivity index (χ3v) is 8.58. The topological polar surface area (TPSA) is 110 Å². The van der Waals surface area contributed by atoms with Crippen molar-refractivity contribution in [3.05, 3.63) is 52.3 Å². The zero-order valence-corrected chi connectivity index (χ0v) is 20.2. The van der Waals surface area contributed by atoms with E-state index in [4.69, 9.17) is 0 Å². The Labute approximate surface area is 197 Å². The summed E-state index contributed by atoms with van der Waals surface area (Å²) < 4.78 is 27.1. The van der Waals surface area contributed by atoms with Crippen molar-refractivity contribution in [3.63, 3.8) is 0 Å². The van der Waals surface area contributed by atoms with Gasteiger partial charge in [0.25, 0.3) is 5.56 Å². The zero-order chi connectivity index (χ0) is 24.0. The van der Waals surface area contributed by atoms with Crippen LogP contribution in [-0.4, -0.2) is 76.2 Å². The molecule has 0 N–H and O–H groups in total. The van der Waals surface area contributed by atoms with Crippen LogP contribution < -0.4 is 10.5 Å². The smallest absolute Gasteiger partial charge is 0.261 e. The number of benzene rings is 1.